The molecule has 0 saturated carbocycles. The first-order chi connectivity index (χ1) is 14.6. The molecule has 0 aliphatic heterocycles. The molecular weight excluding hydrogens is 444 g/mol. The second-order valence-electron chi connectivity index (χ2n) is 7.25. The maximum atomic E-state index is 14.5. The van der Waals surface area contributed by atoms with Crippen molar-refractivity contribution in [3.8, 4) is 0 Å². The Balaban J connectivity index is 2.22. The van der Waals surface area contributed by atoms with Gasteiger partial charge in [-0.3, -0.25) is 4.79 Å². The number of hydrogen-bond acceptors (Lipinski definition) is 5. The number of carbonyl (C=O) groups excluding carboxylic acids is 1. The molecule has 1 unspecified atom stereocenters. The summed E-state index contributed by atoms with van der Waals surface area (Å²) in [4.78, 5) is 14.0. The summed E-state index contributed by atoms with van der Waals surface area (Å²) in [5.74, 6) is -1.59. The Morgan fingerprint density at radius 2 is 1.81 bits per heavy atom. The van der Waals surface area contributed by atoms with E-state index in [1.165, 1.54) is 30.0 Å². The van der Waals surface area contributed by atoms with E-state index in [2.05, 4.69) is 10.0 Å². The predicted molar refractivity (Wildman–Crippen MR) is 122 cm³/mol. The molecule has 0 fully saturated rings. The molecule has 0 aliphatic carbocycles. The molecule has 0 aromatic heterocycles. The zero-order valence-corrected chi connectivity index (χ0v) is 19.5. The Hall–Kier alpha value is -2.17. The third-order valence-corrected chi connectivity index (χ3v) is 6.87. The molecule has 0 spiro atoms. The van der Waals surface area contributed by atoms with Crippen molar-refractivity contribution in [3.63, 3.8) is 0 Å². The monoisotopic (exact) mass is 471 g/mol. The number of thioether (sulfide) groups is 1. The van der Waals surface area contributed by atoms with Gasteiger partial charge in [-0.15, -0.1) is 0 Å². The first-order valence-electron chi connectivity index (χ1n) is 9.66. The maximum Gasteiger partial charge on any atom is 0.244 e. The van der Waals surface area contributed by atoms with Crippen molar-refractivity contribution in [2.75, 3.05) is 29.3 Å². The van der Waals surface area contributed by atoms with Crippen molar-refractivity contribution in [3.05, 3.63) is 54.1 Å². The average Bonchev–Trinajstić information content (AvgIpc) is 2.70. The van der Waals surface area contributed by atoms with Crippen LogP contribution in [-0.4, -0.2) is 45.5 Å². The van der Waals surface area contributed by atoms with Gasteiger partial charge < -0.3 is 10.2 Å². The molecule has 0 aliphatic rings. The smallest absolute Gasteiger partial charge is 0.244 e. The van der Waals surface area contributed by atoms with E-state index >= 15 is 0 Å². The summed E-state index contributed by atoms with van der Waals surface area (Å²) in [5, 5.41) is 2.55. The Kier molecular flexibility index (Phi) is 8.84. The molecule has 2 N–H and O–H groups in total. The molecule has 2 aromatic rings. The Bertz CT molecular complexity index is 1020. The van der Waals surface area contributed by atoms with E-state index in [9.17, 15) is 22.0 Å². The van der Waals surface area contributed by atoms with Gasteiger partial charge in [0.2, 0.25) is 15.9 Å². The number of nitrogens with one attached hydrogen (secondary N) is 2. The Morgan fingerprint density at radius 3 is 2.39 bits per heavy atom. The fraction of sp³-hybridized carbons (Fsp3) is 0.381. The fourth-order valence-corrected chi connectivity index (χ4v) is 4.55. The van der Waals surface area contributed by atoms with Gasteiger partial charge in [0.25, 0.3) is 0 Å². The van der Waals surface area contributed by atoms with Gasteiger partial charge in [0.15, 0.2) is 0 Å². The number of hydrogen-bond donors (Lipinski definition) is 2. The van der Waals surface area contributed by atoms with Crippen molar-refractivity contribution < 1.29 is 22.0 Å². The number of carbonyl (C=O) groups is 1. The molecule has 0 heterocycles. The van der Waals surface area contributed by atoms with Gasteiger partial charge in [0, 0.05) is 18.8 Å². The highest BCUT2D eigenvalue weighted by molar-refractivity contribution is 7.98. The van der Waals surface area contributed by atoms with Crippen LogP contribution in [0.15, 0.2) is 47.4 Å². The van der Waals surface area contributed by atoms with Crippen LogP contribution in [0.25, 0.3) is 0 Å². The second-order valence-corrected chi connectivity index (χ2v) is 9.91. The van der Waals surface area contributed by atoms with Crippen LogP contribution in [0.5, 0.6) is 0 Å². The number of benzene rings is 2. The number of halogens is 2. The van der Waals surface area contributed by atoms with Gasteiger partial charge in [-0.25, -0.2) is 17.2 Å². The predicted octanol–water partition coefficient (Wildman–Crippen LogP) is 3.85. The van der Waals surface area contributed by atoms with Gasteiger partial charge in [0.05, 0.1) is 5.69 Å². The van der Waals surface area contributed by atoms with Crippen LogP contribution in [0.4, 0.5) is 20.2 Å². The van der Waals surface area contributed by atoms with Gasteiger partial charge in [-0.05, 0) is 62.6 Å². The number of amides is 1. The lowest BCUT2D eigenvalue weighted by atomic mass is 10.2. The lowest BCUT2D eigenvalue weighted by Gasteiger charge is -2.24. The molecule has 10 heteroatoms. The summed E-state index contributed by atoms with van der Waals surface area (Å²) in [5.41, 5.74) is 0.579. The van der Waals surface area contributed by atoms with E-state index in [1.807, 2.05) is 20.1 Å². The zero-order valence-electron chi connectivity index (χ0n) is 17.9. The third-order valence-electron chi connectivity index (χ3n) is 4.72. The van der Waals surface area contributed by atoms with Gasteiger partial charge >= 0.3 is 0 Å². The van der Waals surface area contributed by atoms with Crippen LogP contribution < -0.4 is 14.9 Å². The summed E-state index contributed by atoms with van der Waals surface area (Å²) in [6.45, 7) is 3.85. The van der Waals surface area contributed by atoms with Gasteiger partial charge in [-0.1, -0.05) is 12.1 Å². The van der Waals surface area contributed by atoms with Crippen molar-refractivity contribution in [1.29, 1.82) is 0 Å². The zero-order chi connectivity index (χ0) is 23.2. The van der Waals surface area contributed by atoms with Crippen LogP contribution in [0.1, 0.15) is 20.3 Å². The highest BCUT2D eigenvalue weighted by Gasteiger charge is 2.27. The average molecular weight is 472 g/mol. The summed E-state index contributed by atoms with van der Waals surface area (Å²) >= 11 is 1.43. The summed E-state index contributed by atoms with van der Waals surface area (Å²) < 4.78 is 56.0. The van der Waals surface area contributed by atoms with E-state index in [0.717, 1.165) is 12.1 Å². The fourth-order valence-electron chi connectivity index (χ4n) is 2.77. The minimum absolute atomic E-state index is 0.0821. The standard InChI is InChI=1S/C21H27F2N3O3S2/c1-14(2)26(3)19-10-9-15(13-17(19)23)24-21(27)18(11-12-30-4)25-31(28,29)20-8-6-5-7-16(20)22/h5-10,13-14,18,25H,11-12H2,1-4H3,(H,24,27). The molecule has 170 valence electrons. The lowest BCUT2D eigenvalue weighted by molar-refractivity contribution is -0.117. The summed E-state index contributed by atoms with van der Waals surface area (Å²) in [6, 6.07) is 8.14. The molecule has 1 amide bonds. The van der Waals surface area contributed by atoms with Crippen molar-refractivity contribution in [2.45, 2.75) is 37.2 Å². The quantitative estimate of drug-likeness (QED) is 0.550. The van der Waals surface area contributed by atoms with Crippen molar-refractivity contribution >= 4 is 39.1 Å². The molecule has 0 radical (unpaired) electrons. The van der Waals surface area contributed by atoms with Crippen LogP contribution in [0.3, 0.4) is 0 Å². The minimum Gasteiger partial charge on any atom is -0.370 e. The van der Waals surface area contributed by atoms with Crippen LogP contribution >= 0.6 is 11.8 Å². The maximum absolute atomic E-state index is 14.5. The van der Waals surface area contributed by atoms with E-state index in [1.54, 1.807) is 24.1 Å². The van der Waals surface area contributed by atoms with Crippen LogP contribution in [0.2, 0.25) is 0 Å². The highest BCUT2D eigenvalue weighted by atomic mass is 32.2. The number of rotatable bonds is 10. The lowest BCUT2D eigenvalue weighted by Crippen LogP contribution is -2.44. The largest absolute Gasteiger partial charge is 0.370 e. The molecule has 0 bridgehead atoms. The summed E-state index contributed by atoms with van der Waals surface area (Å²) in [7, 11) is -2.51. The van der Waals surface area contributed by atoms with Crippen molar-refractivity contribution in [2.24, 2.45) is 0 Å². The summed E-state index contributed by atoms with van der Waals surface area (Å²) in [6.07, 6.45) is 2.00. The minimum atomic E-state index is -4.27. The molecular formula is C21H27F2N3O3S2. The number of sulfonamides is 1. The third kappa shape index (κ3) is 6.65. The molecule has 6 nitrogen and oxygen atoms in total. The van der Waals surface area contributed by atoms with Crippen LogP contribution in [-0.2, 0) is 14.8 Å². The molecule has 2 aromatic carbocycles. The first-order valence-corrected chi connectivity index (χ1v) is 12.5. The number of nitrogens with zero attached hydrogens (tertiary/aromatic N) is 1. The molecule has 0 saturated heterocycles. The normalized spacial score (nSPS) is 12.6. The first kappa shape index (κ1) is 25.1. The Morgan fingerprint density at radius 1 is 1.13 bits per heavy atom. The second kappa shape index (κ2) is 10.9. The highest BCUT2D eigenvalue weighted by Crippen LogP contribution is 2.24. The SMILES string of the molecule is CSCCC(NS(=O)(=O)c1ccccc1F)C(=O)Nc1ccc(N(C)C(C)C)c(F)c1. The van der Waals surface area contributed by atoms with Gasteiger partial charge in [-0.2, -0.15) is 16.5 Å². The molecule has 31 heavy (non-hydrogen) atoms. The van der Waals surface area contributed by atoms with Crippen molar-refractivity contribution in [1.82, 2.24) is 4.72 Å². The molecule has 2 rings (SSSR count). The van der Waals surface area contributed by atoms with Gasteiger partial charge in [0.1, 0.15) is 22.6 Å². The van der Waals surface area contributed by atoms with E-state index in [0.29, 0.717) is 11.4 Å². The van der Waals surface area contributed by atoms with Crippen LogP contribution in [0, 0.1) is 11.6 Å². The molecule has 1 atom stereocenters. The van der Waals surface area contributed by atoms with E-state index in [-0.39, 0.29) is 18.2 Å². The number of anilines is 2. The Labute approximate surface area is 186 Å². The topological polar surface area (TPSA) is 78.5 Å². The van der Waals surface area contributed by atoms with E-state index < -0.39 is 38.5 Å². The van der Waals surface area contributed by atoms with E-state index in [4.69, 9.17) is 0 Å².